The summed E-state index contributed by atoms with van der Waals surface area (Å²) in [6, 6.07) is 9.85. The molecule has 3 aromatic rings. The maximum Gasteiger partial charge on any atom is 0.234 e. The largest absolute Gasteiger partial charge is 0.492 e. The normalized spacial score (nSPS) is 19.8. The van der Waals surface area contributed by atoms with E-state index >= 15 is 0 Å². The van der Waals surface area contributed by atoms with E-state index < -0.39 is 5.92 Å². The highest BCUT2D eigenvalue weighted by molar-refractivity contribution is 6.10. The van der Waals surface area contributed by atoms with Crippen molar-refractivity contribution in [3.05, 3.63) is 42.2 Å². The van der Waals surface area contributed by atoms with Crippen LogP contribution in [0.1, 0.15) is 31.2 Å². The molecule has 0 saturated carbocycles. The van der Waals surface area contributed by atoms with Crippen LogP contribution in [0.4, 0.5) is 0 Å². The zero-order valence-electron chi connectivity index (χ0n) is 18.6. The first-order chi connectivity index (χ1) is 16.0. The molecule has 3 amide bonds. The van der Waals surface area contributed by atoms with Crippen LogP contribution < -0.4 is 10.1 Å². The van der Waals surface area contributed by atoms with Crippen molar-refractivity contribution in [3.63, 3.8) is 0 Å². The second-order valence-corrected chi connectivity index (χ2v) is 8.71. The van der Waals surface area contributed by atoms with Gasteiger partial charge in [0.2, 0.25) is 17.7 Å². The lowest BCUT2D eigenvalue weighted by Crippen LogP contribution is -2.48. The number of ether oxygens (including phenoxy) is 1. The van der Waals surface area contributed by atoms with Crippen molar-refractivity contribution >= 4 is 39.5 Å². The quantitative estimate of drug-likeness (QED) is 0.602. The minimum Gasteiger partial charge on any atom is -0.492 e. The fraction of sp³-hybridized carbons (Fsp3) is 0.400. The molecule has 0 radical (unpaired) electrons. The molecule has 1 aromatic heterocycles. The molecule has 1 N–H and O–H groups in total. The molecule has 2 aromatic carbocycles. The number of nitrogens with one attached hydrogen (secondary N) is 1. The monoisotopic (exact) mass is 449 g/mol. The van der Waals surface area contributed by atoms with E-state index in [1.54, 1.807) is 13.2 Å². The Bertz CT molecular complexity index is 1230. The molecule has 3 heterocycles. The number of piperazine rings is 1. The fourth-order valence-electron chi connectivity index (χ4n) is 4.79. The number of furan rings is 1. The van der Waals surface area contributed by atoms with Gasteiger partial charge in [-0.05, 0) is 41.5 Å². The molecule has 8 nitrogen and oxygen atoms in total. The van der Waals surface area contributed by atoms with Gasteiger partial charge >= 0.3 is 0 Å². The van der Waals surface area contributed by atoms with E-state index in [4.69, 9.17) is 9.15 Å². The predicted octanol–water partition coefficient (Wildman–Crippen LogP) is 2.65. The number of carbonyl (C=O) groups is 3. The first kappa shape index (κ1) is 21.5. The maximum absolute atomic E-state index is 12.4. The molecule has 2 saturated heterocycles. The fourth-order valence-corrected chi connectivity index (χ4v) is 4.79. The summed E-state index contributed by atoms with van der Waals surface area (Å²) < 4.78 is 11.8. The van der Waals surface area contributed by atoms with Crippen LogP contribution in [0.5, 0.6) is 5.75 Å². The smallest absolute Gasteiger partial charge is 0.234 e. The SMILES string of the molecule is CC(=O)N1CCN(CCOc2ccc3c(ccc4occ(C5CCC(=O)NC5=O)c43)c2)CC1. The summed E-state index contributed by atoms with van der Waals surface area (Å²) in [5.74, 6) is 0.0326. The van der Waals surface area contributed by atoms with Gasteiger partial charge in [0.05, 0.1) is 12.2 Å². The van der Waals surface area contributed by atoms with Crippen LogP contribution in [0.2, 0.25) is 0 Å². The van der Waals surface area contributed by atoms with Gasteiger partial charge in [0.15, 0.2) is 0 Å². The second-order valence-electron chi connectivity index (χ2n) is 8.71. The van der Waals surface area contributed by atoms with Crippen LogP contribution >= 0.6 is 0 Å². The number of amides is 3. The van der Waals surface area contributed by atoms with E-state index in [1.807, 2.05) is 35.2 Å². The van der Waals surface area contributed by atoms with Crippen molar-refractivity contribution in [1.29, 1.82) is 0 Å². The molecule has 172 valence electrons. The summed E-state index contributed by atoms with van der Waals surface area (Å²) in [4.78, 5) is 39.6. The number of benzene rings is 2. The molecule has 1 atom stereocenters. The molecule has 2 aliphatic heterocycles. The zero-order valence-corrected chi connectivity index (χ0v) is 18.6. The maximum atomic E-state index is 12.4. The van der Waals surface area contributed by atoms with E-state index in [-0.39, 0.29) is 17.7 Å². The van der Waals surface area contributed by atoms with Crippen LogP contribution in [0.3, 0.4) is 0 Å². The Morgan fingerprint density at radius 1 is 1.15 bits per heavy atom. The minimum atomic E-state index is -0.394. The molecule has 33 heavy (non-hydrogen) atoms. The summed E-state index contributed by atoms with van der Waals surface area (Å²) in [6.07, 6.45) is 2.45. The van der Waals surface area contributed by atoms with E-state index in [0.717, 1.165) is 65.8 Å². The topological polar surface area (TPSA) is 92.1 Å². The lowest BCUT2D eigenvalue weighted by atomic mass is 9.89. The summed E-state index contributed by atoms with van der Waals surface area (Å²) in [5.41, 5.74) is 1.54. The average molecular weight is 450 g/mol. The van der Waals surface area contributed by atoms with Gasteiger partial charge in [0, 0.05) is 57.0 Å². The first-order valence-corrected chi connectivity index (χ1v) is 11.4. The van der Waals surface area contributed by atoms with Crippen LogP contribution in [0.25, 0.3) is 21.7 Å². The molecule has 0 aliphatic carbocycles. The number of imide groups is 1. The minimum absolute atomic E-state index is 0.134. The van der Waals surface area contributed by atoms with E-state index in [9.17, 15) is 14.4 Å². The second kappa shape index (κ2) is 8.86. The highest BCUT2D eigenvalue weighted by atomic mass is 16.5. The predicted molar refractivity (Wildman–Crippen MR) is 123 cm³/mol. The Balaban J connectivity index is 1.30. The van der Waals surface area contributed by atoms with Gasteiger partial charge < -0.3 is 14.1 Å². The van der Waals surface area contributed by atoms with Gasteiger partial charge in [-0.2, -0.15) is 0 Å². The Hall–Kier alpha value is -3.39. The van der Waals surface area contributed by atoms with Crippen LogP contribution in [0, 0.1) is 0 Å². The molecule has 5 rings (SSSR count). The lowest BCUT2D eigenvalue weighted by Gasteiger charge is -2.34. The van der Waals surface area contributed by atoms with Crippen molar-refractivity contribution in [2.75, 3.05) is 39.3 Å². The zero-order chi connectivity index (χ0) is 22.9. The third-order valence-corrected chi connectivity index (χ3v) is 6.66. The Morgan fingerprint density at radius 3 is 2.73 bits per heavy atom. The Kier molecular flexibility index (Phi) is 5.76. The molecule has 0 spiro atoms. The summed E-state index contributed by atoms with van der Waals surface area (Å²) in [5, 5.41) is 5.35. The third kappa shape index (κ3) is 4.30. The van der Waals surface area contributed by atoms with Crippen LogP contribution in [-0.4, -0.2) is 66.9 Å². The molecule has 2 aliphatic rings. The van der Waals surface area contributed by atoms with Gasteiger partial charge in [-0.3, -0.25) is 24.6 Å². The molecule has 1 unspecified atom stereocenters. The van der Waals surface area contributed by atoms with Gasteiger partial charge in [0.1, 0.15) is 17.9 Å². The number of piperidine rings is 1. The van der Waals surface area contributed by atoms with Crippen molar-refractivity contribution in [3.8, 4) is 5.75 Å². The summed E-state index contributed by atoms with van der Waals surface area (Å²) in [7, 11) is 0. The van der Waals surface area contributed by atoms with E-state index in [0.29, 0.717) is 19.4 Å². The number of fused-ring (bicyclic) bond motifs is 3. The van der Waals surface area contributed by atoms with Gasteiger partial charge in [0.25, 0.3) is 0 Å². The van der Waals surface area contributed by atoms with Crippen molar-refractivity contribution in [1.82, 2.24) is 15.1 Å². The number of carbonyl (C=O) groups excluding carboxylic acids is 3. The highest BCUT2D eigenvalue weighted by Crippen LogP contribution is 2.37. The number of hydrogen-bond donors (Lipinski definition) is 1. The van der Waals surface area contributed by atoms with Crippen molar-refractivity contribution < 1.29 is 23.5 Å². The molecule has 0 bridgehead atoms. The summed E-state index contributed by atoms with van der Waals surface area (Å²) in [6.45, 7) is 6.25. The standard InChI is InChI=1S/C25H27N3O5/c1-16(29)28-10-8-27(9-11-28)12-13-32-18-3-4-19-17(14-18)2-6-22-24(19)21(15-33-22)20-5-7-23(30)26-25(20)31/h2-4,6,14-15,20H,5,7-13H2,1H3,(H,26,30,31). The average Bonchev–Trinajstić information content (AvgIpc) is 3.23. The number of hydrogen-bond acceptors (Lipinski definition) is 6. The van der Waals surface area contributed by atoms with Gasteiger partial charge in [-0.25, -0.2) is 0 Å². The van der Waals surface area contributed by atoms with E-state index in [1.165, 1.54) is 0 Å². The Labute approximate surface area is 191 Å². The Morgan fingerprint density at radius 2 is 1.97 bits per heavy atom. The molecular formula is C25H27N3O5. The third-order valence-electron chi connectivity index (χ3n) is 6.66. The number of rotatable bonds is 5. The van der Waals surface area contributed by atoms with Crippen molar-refractivity contribution in [2.45, 2.75) is 25.7 Å². The van der Waals surface area contributed by atoms with Crippen molar-refractivity contribution in [2.24, 2.45) is 0 Å². The number of nitrogens with zero attached hydrogens (tertiary/aromatic N) is 2. The molecular weight excluding hydrogens is 422 g/mol. The van der Waals surface area contributed by atoms with Gasteiger partial charge in [-0.1, -0.05) is 6.07 Å². The first-order valence-electron chi connectivity index (χ1n) is 11.4. The van der Waals surface area contributed by atoms with Crippen LogP contribution in [-0.2, 0) is 14.4 Å². The van der Waals surface area contributed by atoms with E-state index in [2.05, 4.69) is 10.2 Å². The molecule has 8 heteroatoms. The van der Waals surface area contributed by atoms with Crippen LogP contribution in [0.15, 0.2) is 41.0 Å². The lowest BCUT2D eigenvalue weighted by molar-refractivity contribution is -0.134. The highest BCUT2D eigenvalue weighted by Gasteiger charge is 2.31. The summed E-state index contributed by atoms with van der Waals surface area (Å²) >= 11 is 0. The van der Waals surface area contributed by atoms with Gasteiger partial charge in [-0.15, -0.1) is 0 Å². The molecule has 2 fully saturated rings.